The molecule has 0 aromatic heterocycles. The fourth-order valence-corrected chi connectivity index (χ4v) is 1.75. The number of hydrogen-bond acceptors (Lipinski definition) is 1. The summed E-state index contributed by atoms with van der Waals surface area (Å²) in [5.41, 5.74) is 2.63. The fourth-order valence-electron chi connectivity index (χ4n) is 1.75. The van der Waals surface area contributed by atoms with Crippen molar-refractivity contribution in [3.63, 3.8) is 0 Å². The first-order valence-electron chi connectivity index (χ1n) is 5.46. The summed E-state index contributed by atoms with van der Waals surface area (Å²) in [6, 6.07) is 8.88. The van der Waals surface area contributed by atoms with E-state index in [-0.39, 0.29) is 6.04 Å². The number of benzene rings is 1. The number of aryl methyl sites for hydroxylation is 1. The Labute approximate surface area is 92.9 Å². The molecule has 1 heteroatoms. The van der Waals surface area contributed by atoms with Crippen LogP contribution in [0.2, 0.25) is 0 Å². The van der Waals surface area contributed by atoms with Crippen LogP contribution in [0.1, 0.15) is 37.4 Å². The van der Waals surface area contributed by atoms with Gasteiger partial charge in [-0.1, -0.05) is 37.1 Å². The standard InChI is InChI=1S/C14H19N/c1-5-13(6-2)15-12(4)14-10-8-7-9-11(14)3/h1,7-10,12-13,15H,6H2,2-4H3/t12-,13?/m1/s1. The highest BCUT2D eigenvalue weighted by Crippen LogP contribution is 2.17. The van der Waals surface area contributed by atoms with E-state index in [9.17, 15) is 0 Å². The molecular formula is C14H19N. The predicted octanol–water partition coefficient (Wildman–Crippen LogP) is 3.06. The number of hydrogen-bond donors (Lipinski definition) is 1. The molecule has 1 nitrogen and oxygen atoms in total. The lowest BCUT2D eigenvalue weighted by Crippen LogP contribution is -2.29. The lowest BCUT2D eigenvalue weighted by atomic mass is 10.0. The second-order valence-electron chi connectivity index (χ2n) is 3.87. The van der Waals surface area contributed by atoms with E-state index in [4.69, 9.17) is 6.42 Å². The Balaban J connectivity index is 2.73. The topological polar surface area (TPSA) is 12.0 Å². The van der Waals surface area contributed by atoms with E-state index in [0.717, 1.165) is 6.42 Å². The van der Waals surface area contributed by atoms with Gasteiger partial charge in [0.25, 0.3) is 0 Å². The zero-order chi connectivity index (χ0) is 11.3. The van der Waals surface area contributed by atoms with Gasteiger partial charge in [0.15, 0.2) is 0 Å². The summed E-state index contributed by atoms with van der Waals surface area (Å²) in [4.78, 5) is 0. The van der Waals surface area contributed by atoms with Crippen LogP contribution in [0.4, 0.5) is 0 Å². The summed E-state index contributed by atoms with van der Waals surface area (Å²) in [7, 11) is 0. The zero-order valence-corrected chi connectivity index (χ0v) is 9.75. The Morgan fingerprint density at radius 3 is 2.60 bits per heavy atom. The second kappa shape index (κ2) is 5.58. The molecule has 0 aliphatic carbocycles. The Bertz CT molecular complexity index is 349. The van der Waals surface area contributed by atoms with Gasteiger partial charge < -0.3 is 0 Å². The van der Waals surface area contributed by atoms with E-state index < -0.39 is 0 Å². The van der Waals surface area contributed by atoms with Crippen LogP contribution in [-0.4, -0.2) is 6.04 Å². The van der Waals surface area contributed by atoms with Crippen LogP contribution in [0.5, 0.6) is 0 Å². The summed E-state index contributed by atoms with van der Waals surface area (Å²) in [5, 5.41) is 3.44. The molecule has 0 radical (unpaired) electrons. The lowest BCUT2D eigenvalue weighted by Gasteiger charge is -2.20. The summed E-state index contributed by atoms with van der Waals surface area (Å²) in [6.45, 7) is 6.38. The summed E-state index contributed by atoms with van der Waals surface area (Å²) in [6.07, 6.45) is 6.40. The van der Waals surface area contributed by atoms with Gasteiger partial charge in [0.2, 0.25) is 0 Å². The molecule has 2 atom stereocenters. The molecule has 1 rings (SSSR count). The van der Waals surface area contributed by atoms with Gasteiger partial charge in [0, 0.05) is 6.04 Å². The van der Waals surface area contributed by atoms with Gasteiger partial charge in [-0.3, -0.25) is 5.32 Å². The Hall–Kier alpha value is -1.26. The molecule has 1 unspecified atom stereocenters. The monoisotopic (exact) mass is 201 g/mol. The minimum atomic E-state index is 0.166. The largest absolute Gasteiger partial charge is 0.297 e. The molecule has 1 aromatic carbocycles. The summed E-state index contributed by atoms with van der Waals surface area (Å²) in [5.74, 6) is 2.76. The Morgan fingerprint density at radius 2 is 2.07 bits per heavy atom. The van der Waals surface area contributed by atoms with Gasteiger partial charge in [-0.15, -0.1) is 6.42 Å². The SMILES string of the molecule is C#CC(CC)N[C@H](C)c1ccccc1C. The first kappa shape index (κ1) is 11.8. The van der Waals surface area contributed by atoms with Crippen LogP contribution in [-0.2, 0) is 0 Å². The van der Waals surface area contributed by atoms with Crippen LogP contribution in [0, 0.1) is 19.3 Å². The molecular weight excluding hydrogens is 182 g/mol. The molecule has 0 bridgehead atoms. The van der Waals surface area contributed by atoms with E-state index in [1.807, 2.05) is 0 Å². The molecule has 0 saturated heterocycles. The predicted molar refractivity (Wildman–Crippen MR) is 65.6 cm³/mol. The van der Waals surface area contributed by atoms with Crippen molar-refractivity contribution >= 4 is 0 Å². The quantitative estimate of drug-likeness (QED) is 0.738. The van der Waals surface area contributed by atoms with Crippen LogP contribution in [0.3, 0.4) is 0 Å². The van der Waals surface area contributed by atoms with Crippen molar-refractivity contribution < 1.29 is 0 Å². The van der Waals surface area contributed by atoms with E-state index >= 15 is 0 Å². The number of rotatable bonds is 4. The molecule has 15 heavy (non-hydrogen) atoms. The van der Waals surface area contributed by atoms with Crippen LogP contribution >= 0.6 is 0 Å². The first-order chi connectivity index (χ1) is 7.19. The molecule has 0 aliphatic heterocycles. The number of nitrogens with one attached hydrogen (secondary N) is 1. The van der Waals surface area contributed by atoms with Gasteiger partial charge in [-0.2, -0.15) is 0 Å². The van der Waals surface area contributed by atoms with Crippen molar-refractivity contribution in [3.8, 4) is 12.3 Å². The van der Waals surface area contributed by atoms with Gasteiger partial charge in [0.1, 0.15) is 0 Å². The van der Waals surface area contributed by atoms with Crippen molar-refractivity contribution in [2.75, 3.05) is 0 Å². The highest BCUT2D eigenvalue weighted by Gasteiger charge is 2.10. The average Bonchev–Trinajstić information content (AvgIpc) is 2.26. The molecule has 0 spiro atoms. The maximum atomic E-state index is 5.44. The maximum absolute atomic E-state index is 5.44. The van der Waals surface area contributed by atoms with Crippen LogP contribution in [0.25, 0.3) is 0 Å². The van der Waals surface area contributed by atoms with Crippen molar-refractivity contribution in [3.05, 3.63) is 35.4 Å². The Morgan fingerprint density at radius 1 is 1.40 bits per heavy atom. The minimum absolute atomic E-state index is 0.166. The van der Waals surface area contributed by atoms with Gasteiger partial charge in [0.05, 0.1) is 6.04 Å². The van der Waals surface area contributed by atoms with E-state index in [0.29, 0.717) is 6.04 Å². The van der Waals surface area contributed by atoms with Gasteiger partial charge >= 0.3 is 0 Å². The van der Waals surface area contributed by atoms with Crippen molar-refractivity contribution in [1.82, 2.24) is 5.32 Å². The number of terminal acetylenes is 1. The van der Waals surface area contributed by atoms with E-state index in [1.165, 1.54) is 11.1 Å². The van der Waals surface area contributed by atoms with Gasteiger partial charge in [-0.05, 0) is 31.4 Å². The fraction of sp³-hybridized carbons (Fsp3) is 0.429. The molecule has 0 fully saturated rings. The van der Waals surface area contributed by atoms with Crippen molar-refractivity contribution in [2.45, 2.75) is 39.3 Å². The minimum Gasteiger partial charge on any atom is -0.297 e. The smallest absolute Gasteiger partial charge is 0.0688 e. The maximum Gasteiger partial charge on any atom is 0.0688 e. The van der Waals surface area contributed by atoms with E-state index in [1.54, 1.807) is 0 Å². The molecule has 1 aromatic rings. The average molecular weight is 201 g/mol. The highest BCUT2D eigenvalue weighted by atomic mass is 14.9. The van der Waals surface area contributed by atoms with Crippen LogP contribution in [0.15, 0.2) is 24.3 Å². The first-order valence-corrected chi connectivity index (χ1v) is 5.46. The van der Waals surface area contributed by atoms with E-state index in [2.05, 4.69) is 56.3 Å². The van der Waals surface area contributed by atoms with Crippen molar-refractivity contribution in [2.24, 2.45) is 0 Å². The molecule has 80 valence electrons. The van der Waals surface area contributed by atoms with Gasteiger partial charge in [-0.25, -0.2) is 0 Å². The lowest BCUT2D eigenvalue weighted by molar-refractivity contribution is 0.510. The molecule has 1 N–H and O–H groups in total. The molecule has 0 saturated carbocycles. The third-order valence-electron chi connectivity index (χ3n) is 2.72. The third kappa shape index (κ3) is 3.11. The second-order valence-corrected chi connectivity index (χ2v) is 3.87. The summed E-state index contributed by atoms with van der Waals surface area (Å²) < 4.78 is 0. The van der Waals surface area contributed by atoms with Crippen LogP contribution < -0.4 is 5.32 Å². The third-order valence-corrected chi connectivity index (χ3v) is 2.72. The highest BCUT2D eigenvalue weighted by molar-refractivity contribution is 5.28. The molecule has 0 aliphatic rings. The molecule has 0 amide bonds. The normalized spacial score (nSPS) is 14.3. The summed E-state index contributed by atoms with van der Waals surface area (Å²) >= 11 is 0. The molecule has 0 heterocycles. The Kier molecular flexibility index (Phi) is 4.39. The zero-order valence-electron chi connectivity index (χ0n) is 9.75. The van der Waals surface area contributed by atoms with Crippen molar-refractivity contribution in [1.29, 1.82) is 0 Å².